The average molecular weight is 212 g/mol. The molecule has 2 fully saturated rings. The van der Waals surface area contributed by atoms with Crippen LogP contribution >= 0.6 is 0 Å². The molecule has 0 saturated carbocycles. The van der Waals surface area contributed by atoms with Crippen LogP contribution in [-0.4, -0.2) is 61.8 Å². The molecule has 0 radical (unpaired) electrons. The molecular weight excluding hydrogens is 188 g/mol. The Kier molecular flexibility index (Phi) is 4.42. The van der Waals surface area contributed by atoms with E-state index in [1.807, 2.05) is 0 Å². The summed E-state index contributed by atoms with van der Waals surface area (Å²) in [6, 6.07) is 0.842. The lowest BCUT2D eigenvalue weighted by Crippen LogP contribution is -2.37. The smallest absolute Gasteiger partial charge is 0.0593 e. The molecule has 3 heteroatoms. The molecule has 0 aromatic rings. The monoisotopic (exact) mass is 212 g/mol. The Morgan fingerprint density at radius 1 is 1.20 bits per heavy atom. The van der Waals surface area contributed by atoms with Crippen molar-refractivity contribution in [3.63, 3.8) is 0 Å². The van der Waals surface area contributed by atoms with E-state index in [9.17, 15) is 0 Å². The van der Waals surface area contributed by atoms with Crippen LogP contribution in [0, 0.1) is 0 Å². The Morgan fingerprint density at radius 2 is 2.07 bits per heavy atom. The quantitative estimate of drug-likeness (QED) is 0.651. The highest BCUT2D eigenvalue weighted by molar-refractivity contribution is 4.84. The van der Waals surface area contributed by atoms with E-state index in [0.29, 0.717) is 0 Å². The van der Waals surface area contributed by atoms with E-state index in [1.165, 1.54) is 45.4 Å². The Hall–Kier alpha value is -0.120. The molecule has 1 unspecified atom stereocenters. The number of nitrogens with zero attached hydrogens (tertiary/aromatic N) is 2. The second kappa shape index (κ2) is 5.83. The van der Waals surface area contributed by atoms with Gasteiger partial charge in [-0.25, -0.2) is 0 Å². The highest BCUT2D eigenvalue weighted by Gasteiger charge is 2.28. The number of fused-ring (bicyclic) bond motifs is 1. The van der Waals surface area contributed by atoms with Gasteiger partial charge in [-0.2, -0.15) is 0 Å². The molecule has 2 heterocycles. The Morgan fingerprint density at radius 3 is 2.93 bits per heavy atom. The molecule has 1 atom stereocenters. The molecule has 3 nitrogen and oxygen atoms in total. The highest BCUT2D eigenvalue weighted by atomic mass is 16.5. The number of ether oxygens (including phenoxy) is 1. The van der Waals surface area contributed by atoms with Crippen molar-refractivity contribution in [3.05, 3.63) is 0 Å². The van der Waals surface area contributed by atoms with Gasteiger partial charge in [-0.1, -0.05) is 0 Å². The van der Waals surface area contributed by atoms with Crippen LogP contribution in [0.15, 0.2) is 0 Å². The lowest BCUT2D eigenvalue weighted by Gasteiger charge is -2.25. The van der Waals surface area contributed by atoms with E-state index in [2.05, 4.69) is 16.7 Å². The second-order valence-corrected chi connectivity index (χ2v) is 4.68. The first-order valence-electron chi connectivity index (χ1n) is 6.44. The Bertz CT molecular complexity index is 186. The van der Waals surface area contributed by atoms with E-state index in [-0.39, 0.29) is 0 Å². The number of hydrogen-bond donors (Lipinski definition) is 0. The Labute approximate surface area is 93.4 Å². The summed E-state index contributed by atoms with van der Waals surface area (Å²) in [6.45, 7) is 10.1. The van der Waals surface area contributed by atoms with Gasteiger partial charge in [-0.05, 0) is 45.8 Å². The summed E-state index contributed by atoms with van der Waals surface area (Å²) in [5.74, 6) is 0. The van der Waals surface area contributed by atoms with Crippen molar-refractivity contribution in [2.24, 2.45) is 0 Å². The third kappa shape index (κ3) is 3.16. The van der Waals surface area contributed by atoms with Crippen molar-refractivity contribution in [3.8, 4) is 0 Å². The molecule has 88 valence electrons. The van der Waals surface area contributed by atoms with Gasteiger partial charge in [0.05, 0.1) is 6.61 Å². The fourth-order valence-electron chi connectivity index (χ4n) is 2.82. The zero-order valence-corrected chi connectivity index (χ0v) is 9.95. The molecule has 2 aliphatic rings. The van der Waals surface area contributed by atoms with Crippen LogP contribution < -0.4 is 0 Å². The maximum absolute atomic E-state index is 5.43. The summed E-state index contributed by atoms with van der Waals surface area (Å²) in [4.78, 5) is 5.27. The summed E-state index contributed by atoms with van der Waals surface area (Å²) >= 11 is 0. The van der Waals surface area contributed by atoms with Crippen LogP contribution in [0.3, 0.4) is 0 Å². The van der Waals surface area contributed by atoms with Gasteiger partial charge in [0.15, 0.2) is 0 Å². The maximum atomic E-state index is 5.43. The maximum Gasteiger partial charge on any atom is 0.0593 e. The van der Waals surface area contributed by atoms with E-state index in [0.717, 1.165) is 25.8 Å². The van der Waals surface area contributed by atoms with Crippen molar-refractivity contribution in [1.82, 2.24) is 9.80 Å². The van der Waals surface area contributed by atoms with Gasteiger partial charge < -0.3 is 4.74 Å². The molecule has 0 spiro atoms. The van der Waals surface area contributed by atoms with E-state index in [4.69, 9.17) is 4.74 Å². The molecule has 0 bridgehead atoms. The fourth-order valence-corrected chi connectivity index (χ4v) is 2.82. The van der Waals surface area contributed by atoms with Crippen molar-refractivity contribution in [1.29, 1.82) is 0 Å². The first-order chi connectivity index (χ1) is 7.40. The van der Waals surface area contributed by atoms with Gasteiger partial charge in [-0.15, -0.1) is 0 Å². The first-order valence-corrected chi connectivity index (χ1v) is 6.44. The van der Waals surface area contributed by atoms with Gasteiger partial charge in [0.1, 0.15) is 0 Å². The van der Waals surface area contributed by atoms with Crippen molar-refractivity contribution in [2.45, 2.75) is 32.2 Å². The molecule has 2 saturated heterocycles. The van der Waals surface area contributed by atoms with Gasteiger partial charge in [0.2, 0.25) is 0 Å². The summed E-state index contributed by atoms with van der Waals surface area (Å²) in [5.41, 5.74) is 0. The normalized spacial score (nSPS) is 29.0. The molecule has 0 N–H and O–H groups in total. The van der Waals surface area contributed by atoms with Crippen LogP contribution in [0.2, 0.25) is 0 Å². The highest BCUT2D eigenvalue weighted by Crippen LogP contribution is 2.20. The minimum atomic E-state index is 0.842. The lowest BCUT2D eigenvalue weighted by molar-refractivity contribution is 0.110. The SMILES string of the molecule is CCOCCN1CCCN2CCCC2C1. The average Bonchev–Trinajstić information content (AvgIpc) is 2.58. The third-order valence-corrected chi connectivity index (χ3v) is 3.64. The van der Waals surface area contributed by atoms with Gasteiger partial charge in [0, 0.05) is 25.7 Å². The molecule has 0 aromatic carbocycles. The summed E-state index contributed by atoms with van der Waals surface area (Å²) in [5, 5.41) is 0. The molecule has 15 heavy (non-hydrogen) atoms. The minimum Gasteiger partial charge on any atom is -0.380 e. The standard InChI is InChI=1S/C12H24N2O/c1-2-15-10-9-13-6-4-8-14-7-3-5-12(14)11-13/h12H,2-11H2,1H3. The summed E-state index contributed by atoms with van der Waals surface area (Å²) in [7, 11) is 0. The van der Waals surface area contributed by atoms with Gasteiger partial charge in [-0.3, -0.25) is 9.80 Å². The second-order valence-electron chi connectivity index (χ2n) is 4.68. The van der Waals surface area contributed by atoms with Crippen LogP contribution in [-0.2, 0) is 4.74 Å². The fraction of sp³-hybridized carbons (Fsp3) is 1.00. The molecule has 0 amide bonds. The molecule has 2 rings (SSSR count). The van der Waals surface area contributed by atoms with Crippen LogP contribution in [0.4, 0.5) is 0 Å². The van der Waals surface area contributed by atoms with Gasteiger partial charge in [0.25, 0.3) is 0 Å². The third-order valence-electron chi connectivity index (χ3n) is 3.64. The van der Waals surface area contributed by atoms with Crippen LogP contribution in [0.25, 0.3) is 0 Å². The van der Waals surface area contributed by atoms with E-state index < -0.39 is 0 Å². The van der Waals surface area contributed by atoms with E-state index in [1.54, 1.807) is 0 Å². The van der Waals surface area contributed by atoms with Crippen molar-refractivity contribution in [2.75, 3.05) is 45.9 Å². The first kappa shape index (κ1) is 11.4. The zero-order valence-electron chi connectivity index (χ0n) is 9.95. The molecule has 0 aliphatic carbocycles. The number of hydrogen-bond acceptors (Lipinski definition) is 3. The van der Waals surface area contributed by atoms with Gasteiger partial charge >= 0.3 is 0 Å². The van der Waals surface area contributed by atoms with Crippen molar-refractivity contribution >= 4 is 0 Å². The van der Waals surface area contributed by atoms with Crippen molar-refractivity contribution < 1.29 is 4.74 Å². The largest absolute Gasteiger partial charge is 0.380 e. The minimum absolute atomic E-state index is 0.842. The predicted octanol–water partition coefficient (Wildman–Crippen LogP) is 1.19. The zero-order chi connectivity index (χ0) is 10.5. The van der Waals surface area contributed by atoms with E-state index >= 15 is 0 Å². The van der Waals surface area contributed by atoms with Crippen LogP contribution in [0.5, 0.6) is 0 Å². The van der Waals surface area contributed by atoms with Crippen LogP contribution in [0.1, 0.15) is 26.2 Å². The molecule has 2 aliphatic heterocycles. The topological polar surface area (TPSA) is 15.7 Å². The number of rotatable bonds is 4. The summed E-state index contributed by atoms with van der Waals surface area (Å²) < 4.78 is 5.43. The molecule has 0 aromatic heterocycles. The lowest BCUT2D eigenvalue weighted by atomic mass is 10.2. The Balaban J connectivity index is 1.75. The summed E-state index contributed by atoms with van der Waals surface area (Å²) in [6.07, 6.45) is 4.15. The molecular formula is C12H24N2O. The predicted molar refractivity (Wildman–Crippen MR) is 62.1 cm³/mol.